The maximum atomic E-state index is 11.7. The molecule has 3 rings (SSSR count). The molecule has 1 saturated heterocycles. The number of hydrogen-bond acceptors (Lipinski definition) is 6. The molecule has 1 aromatic carbocycles. The molecular weight excluding hydrogens is 334 g/mol. The Hall–Kier alpha value is -2.54. The largest absolute Gasteiger partial charge is 0.493 e. The Labute approximate surface area is 152 Å². The minimum atomic E-state index is -0.0874. The van der Waals surface area contributed by atoms with Gasteiger partial charge in [0.1, 0.15) is 5.82 Å². The molecular formula is C19H25N3O4. The number of hydrogen-bond donors (Lipinski definition) is 1. The van der Waals surface area contributed by atoms with Gasteiger partial charge in [0.05, 0.1) is 27.0 Å². The van der Waals surface area contributed by atoms with Gasteiger partial charge in [0.25, 0.3) is 5.56 Å². The highest BCUT2D eigenvalue weighted by molar-refractivity contribution is 5.53. The quantitative estimate of drug-likeness (QED) is 0.851. The lowest BCUT2D eigenvalue weighted by Crippen LogP contribution is -2.21. The lowest BCUT2D eigenvalue weighted by atomic mass is 10.0. The Morgan fingerprint density at radius 1 is 1.15 bits per heavy atom. The standard InChI is InChI=1S/C19H25N3O4/c1-12-20-15(9-18(23)21-12)14-5-6-22(11-14)10-13-7-16(24-2)19(26-4)17(8-13)25-3/h7-9,14H,5-6,10-11H2,1-4H3,(H,20,21,23)/t14-/m0/s1. The normalized spacial score (nSPS) is 17.3. The van der Waals surface area contributed by atoms with Gasteiger partial charge in [0.2, 0.25) is 5.75 Å². The molecule has 26 heavy (non-hydrogen) atoms. The van der Waals surface area contributed by atoms with Gasteiger partial charge in [0.15, 0.2) is 11.5 Å². The molecule has 2 aromatic rings. The lowest BCUT2D eigenvalue weighted by Gasteiger charge is -2.19. The number of likely N-dealkylation sites (tertiary alicyclic amines) is 1. The van der Waals surface area contributed by atoms with Crippen LogP contribution in [0.1, 0.15) is 29.4 Å². The van der Waals surface area contributed by atoms with Gasteiger partial charge in [-0.1, -0.05) is 0 Å². The van der Waals surface area contributed by atoms with Crippen LogP contribution >= 0.6 is 0 Å². The Kier molecular flexibility index (Phi) is 5.46. The zero-order chi connectivity index (χ0) is 18.7. The number of aryl methyl sites for hydroxylation is 1. The number of H-pyrrole nitrogens is 1. The van der Waals surface area contributed by atoms with Crippen LogP contribution in [-0.4, -0.2) is 49.3 Å². The number of rotatable bonds is 6. The van der Waals surface area contributed by atoms with Gasteiger partial charge in [-0.3, -0.25) is 9.69 Å². The highest BCUT2D eigenvalue weighted by Crippen LogP contribution is 2.39. The van der Waals surface area contributed by atoms with E-state index in [0.717, 1.165) is 37.3 Å². The summed E-state index contributed by atoms with van der Waals surface area (Å²) < 4.78 is 16.2. The number of nitrogens with one attached hydrogen (secondary N) is 1. The summed E-state index contributed by atoms with van der Waals surface area (Å²) in [6.45, 7) is 4.41. The van der Waals surface area contributed by atoms with Crippen LogP contribution in [0.15, 0.2) is 23.0 Å². The van der Waals surface area contributed by atoms with Crippen molar-refractivity contribution in [2.75, 3.05) is 34.4 Å². The van der Waals surface area contributed by atoms with E-state index in [1.54, 1.807) is 27.4 Å². The number of nitrogens with zero attached hydrogens (tertiary/aromatic N) is 2. The minimum Gasteiger partial charge on any atom is -0.493 e. The van der Waals surface area contributed by atoms with Gasteiger partial charge in [-0.15, -0.1) is 0 Å². The Bertz CT molecular complexity index is 809. The third kappa shape index (κ3) is 3.83. The fourth-order valence-electron chi connectivity index (χ4n) is 3.51. The maximum Gasteiger partial charge on any atom is 0.251 e. The second-order valence-electron chi connectivity index (χ2n) is 6.51. The Morgan fingerprint density at radius 2 is 1.85 bits per heavy atom. The Morgan fingerprint density at radius 3 is 2.42 bits per heavy atom. The third-order valence-corrected chi connectivity index (χ3v) is 4.70. The van der Waals surface area contributed by atoms with Crippen molar-refractivity contribution in [3.63, 3.8) is 0 Å². The van der Waals surface area contributed by atoms with Crippen molar-refractivity contribution < 1.29 is 14.2 Å². The van der Waals surface area contributed by atoms with E-state index < -0.39 is 0 Å². The smallest absolute Gasteiger partial charge is 0.251 e. The van der Waals surface area contributed by atoms with Crippen LogP contribution in [0.25, 0.3) is 0 Å². The highest BCUT2D eigenvalue weighted by atomic mass is 16.5. The lowest BCUT2D eigenvalue weighted by molar-refractivity contribution is 0.312. The highest BCUT2D eigenvalue weighted by Gasteiger charge is 2.26. The zero-order valence-electron chi connectivity index (χ0n) is 15.7. The summed E-state index contributed by atoms with van der Waals surface area (Å²) in [5, 5.41) is 0. The number of benzene rings is 1. The van der Waals surface area contributed by atoms with E-state index in [-0.39, 0.29) is 11.5 Å². The van der Waals surface area contributed by atoms with Crippen molar-refractivity contribution in [2.24, 2.45) is 0 Å². The van der Waals surface area contributed by atoms with Crippen molar-refractivity contribution in [3.05, 3.63) is 45.6 Å². The van der Waals surface area contributed by atoms with Crippen LogP contribution < -0.4 is 19.8 Å². The molecule has 1 aliphatic heterocycles. The second-order valence-corrected chi connectivity index (χ2v) is 6.51. The topological polar surface area (TPSA) is 76.7 Å². The van der Waals surface area contributed by atoms with E-state index in [1.165, 1.54) is 0 Å². The number of aromatic amines is 1. The summed E-state index contributed by atoms with van der Waals surface area (Å²) in [4.78, 5) is 21.2. The predicted octanol–water partition coefficient (Wildman–Crippen LogP) is 2.09. The van der Waals surface area contributed by atoms with E-state index in [1.807, 2.05) is 19.1 Å². The summed E-state index contributed by atoms with van der Waals surface area (Å²) in [6, 6.07) is 5.56. The monoisotopic (exact) mass is 359 g/mol. The molecule has 140 valence electrons. The van der Waals surface area contributed by atoms with Crippen molar-refractivity contribution in [3.8, 4) is 17.2 Å². The molecule has 0 amide bonds. The number of aromatic nitrogens is 2. The molecule has 0 saturated carbocycles. The van der Waals surface area contributed by atoms with E-state index >= 15 is 0 Å². The van der Waals surface area contributed by atoms with Crippen LogP contribution in [0.2, 0.25) is 0 Å². The van der Waals surface area contributed by atoms with Gasteiger partial charge in [-0.05, 0) is 37.6 Å². The molecule has 1 aliphatic rings. The molecule has 0 unspecified atom stereocenters. The molecule has 7 nitrogen and oxygen atoms in total. The summed E-state index contributed by atoms with van der Waals surface area (Å²) >= 11 is 0. The second kappa shape index (κ2) is 7.78. The first-order valence-corrected chi connectivity index (χ1v) is 8.63. The molecule has 2 heterocycles. The van der Waals surface area contributed by atoms with E-state index in [4.69, 9.17) is 14.2 Å². The average Bonchev–Trinajstić information content (AvgIpc) is 3.08. The summed E-state index contributed by atoms with van der Waals surface area (Å²) in [6.07, 6.45) is 0.986. The first kappa shape index (κ1) is 18.3. The SMILES string of the molecule is COc1cc(CN2CC[C@H](c3cc(=O)[nH]c(C)n3)C2)cc(OC)c1OC. The van der Waals surface area contributed by atoms with Gasteiger partial charge >= 0.3 is 0 Å². The zero-order valence-corrected chi connectivity index (χ0v) is 15.7. The summed E-state index contributed by atoms with van der Waals surface area (Å²) in [5.41, 5.74) is 1.88. The molecule has 1 N–H and O–H groups in total. The number of methoxy groups -OCH3 is 3. The number of ether oxygens (including phenoxy) is 3. The van der Waals surface area contributed by atoms with Crippen molar-refractivity contribution in [1.82, 2.24) is 14.9 Å². The predicted molar refractivity (Wildman–Crippen MR) is 98.3 cm³/mol. The summed E-state index contributed by atoms with van der Waals surface area (Å²) in [7, 11) is 4.84. The van der Waals surface area contributed by atoms with Gasteiger partial charge in [-0.25, -0.2) is 4.98 Å². The van der Waals surface area contributed by atoms with Gasteiger partial charge < -0.3 is 19.2 Å². The van der Waals surface area contributed by atoms with Gasteiger partial charge in [-0.2, -0.15) is 0 Å². The van der Waals surface area contributed by atoms with Crippen LogP contribution in [0, 0.1) is 6.92 Å². The van der Waals surface area contributed by atoms with Crippen molar-refractivity contribution in [2.45, 2.75) is 25.8 Å². The molecule has 1 fully saturated rings. The van der Waals surface area contributed by atoms with E-state index in [2.05, 4.69) is 14.9 Å². The van der Waals surface area contributed by atoms with Crippen molar-refractivity contribution in [1.29, 1.82) is 0 Å². The maximum absolute atomic E-state index is 11.7. The third-order valence-electron chi connectivity index (χ3n) is 4.70. The molecule has 7 heteroatoms. The molecule has 1 aromatic heterocycles. The Balaban J connectivity index is 1.75. The molecule has 1 atom stereocenters. The molecule has 0 radical (unpaired) electrons. The molecule has 0 aliphatic carbocycles. The first-order valence-electron chi connectivity index (χ1n) is 8.63. The fraction of sp³-hybridized carbons (Fsp3) is 0.474. The van der Waals surface area contributed by atoms with Crippen molar-refractivity contribution >= 4 is 0 Å². The minimum absolute atomic E-state index is 0.0874. The van der Waals surface area contributed by atoms with Crippen LogP contribution in [-0.2, 0) is 6.54 Å². The van der Waals surface area contributed by atoms with Crippen LogP contribution in [0.4, 0.5) is 0 Å². The average molecular weight is 359 g/mol. The summed E-state index contributed by atoms with van der Waals surface area (Å²) in [5.74, 6) is 2.85. The van der Waals surface area contributed by atoms with E-state index in [0.29, 0.717) is 23.1 Å². The van der Waals surface area contributed by atoms with Crippen LogP contribution in [0.3, 0.4) is 0 Å². The van der Waals surface area contributed by atoms with Crippen LogP contribution in [0.5, 0.6) is 17.2 Å². The fourth-order valence-corrected chi connectivity index (χ4v) is 3.51. The van der Waals surface area contributed by atoms with Gasteiger partial charge in [0, 0.05) is 25.1 Å². The molecule has 0 bridgehead atoms. The molecule has 0 spiro atoms. The van der Waals surface area contributed by atoms with E-state index in [9.17, 15) is 4.79 Å². The first-order chi connectivity index (χ1) is 12.5.